The molecule has 1 heterocycles. The van der Waals surface area contributed by atoms with Crippen molar-refractivity contribution in [2.45, 2.75) is 52.1 Å². The van der Waals surface area contributed by atoms with Crippen molar-refractivity contribution in [2.24, 2.45) is 5.73 Å². The minimum atomic E-state index is 0.243. The molecule has 80 valence electrons. The van der Waals surface area contributed by atoms with Gasteiger partial charge in [-0.3, -0.25) is 0 Å². The van der Waals surface area contributed by atoms with Crippen molar-refractivity contribution in [1.29, 1.82) is 0 Å². The Balaban J connectivity index is 2.78. The van der Waals surface area contributed by atoms with Gasteiger partial charge in [0.2, 0.25) is 0 Å². The summed E-state index contributed by atoms with van der Waals surface area (Å²) in [4.78, 5) is 4.37. The minimum Gasteiger partial charge on any atom is -0.332 e. The third-order valence-electron chi connectivity index (χ3n) is 2.40. The molecule has 0 saturated heterocycles. The van der Waals surface area contributed by atoms with Crippen molar-refractivity contribution in [1.82, 2.24) is 9.55 Å². The number of nitrogens with zero attached hydrogens (tertiary/aromatic N) is 2. The number of aromatic nitrogens is 2. The molecule has 2 N–H and O–H groups in total. The van der Waals surface area contributed by atoms with E-state index in [9.17, 15) is 0 Å². The van der Waals surface area contributed by atoms with Crippen LogP contribution in [0.4, 0.5) is 0 Å². The Bertz CT molecular complexity index is 276. The molecule has 0 aliphatic heterocycles. The maximum Gasteiger partial charge on any atom is 0.111 e. The van der Waals surface area contributed by atoms with E-state index >= 15 is 0 Å². The second-order valence-corrected chi connectivity index (χ2v) is 4.41. The predicted octanol–water partition coefficient (Wildman–Crippen LogP) is 2.30. The number of rotatable bonds is 4. The van der Waals surface area contributed by atoms with Crippen LogP contribution in [-0.4, -0.2) is 15.6 Å². The number of nitrogens with two attached hydrogens (primary N) is 1. The van der Waals surface area contributed by atoms with Crippen LogP contribution in [0.2, 0.25) is 0 Å². The maximum absolute atomic E-state index is 5.79. The van der Waals surface area contributed by atoms with Crippen LogP contribution in [0, 0.1) is 0 Å². The van der Waals surface area contributed by atoms with Crippen LogP contribution in [-0.2, 0) is 0 Å². The summed E-state index contributed by atoms with van der Waals surface area (Å²) in [5.41, 5.74) is 5.79. The Morgan fingerprint density at radius 3 is 2.50 bits per heavy atom. The molecule has 14 heavy (non-hydrogen) atoms. The lowest BCUT2D eigenvalue weighted by Gasteiger charge is -2.19. The molecule has 2 atom stereocenters. The van der Waals surface area contributed by atoms with Crippen molar-refractivity contribution in [2.75, 3.05) is 0 Å². The van der Waals surface area contributed by atoms with Crippen molar-refractivity contribution >= 4 is 0 Å². The molecule has 3 nitrogen and oxygen atoms in total. The molecule has 0 fully saturated rings. The van der Waals surface area contributed by atoms with Gasteiger partial charge in [-0.1, -0.05) is 13.8 Å². The molecule has 0 bridgehead atoms. The lowest BCUT2D eigenvalue weighted by Crippen LogP contribution is -2.21. The molecule has 1 aromatic rings. The average Bonchev–Trinajstić information content (AvgIpc) is 2.49. The summed E-state index contributed by atoms with van der Waals surface area (Å²) in [5, 5.41) is 0. The largest absolute Gasteiger partial charge is 0.332 e. The first kappa shape index (κ1) is 11.2. The highest BCUT2D eigenvalue weighted by Gasteiger charge is 2.13. The molecule has 0 aliphatic carbocycles. The minimum absolute atomic E-state index is 0.243. The highest BCUT2D eigenvalue weighted by molar-refractivity contribution is 4.99. The van der Waals surface area contributed by atoms with Gasteiger partial charge in [0.1, 0.15) is 5.82 Å². The Morgan fingerprint density at radius 2 is 2.00 bits per heavy atom. The fourth-order valence-corrected chi connectivity index (χ4v) is 1.80. The third kappa shape index (κ3) is 2.58. The van der Waals surface area contributed by atoms with Crippen molar-refractivity contribution in [3.63, 3.8) is 0 Å². The molecule has 0 saturated carbocycles. The smallest absolute Gasteiger partial charge is 0.111 e. The van der Waals surface area contributed by atoms with Crippen LogP contribution in [0.1, 0.15) is 51.9 Å². The highest BCUT2D eigenvalue weighted by atomic mass is 15.1. The van der Waals surface area contributed by atoms with E-state index in [0.29, 0.717) is 12.0 Å². The lowest BCUT2D eigenvalue weighted by molar-refractivity contribution is 0.445. The first-order chi connectivity index (χ1) is 6.52. The van der Waals surface area contributed by atoms with Gasteiger partial charge in [-0.05, 0) is 20.3 Å². The molecule has 0 spiro atoms. The van der Waals surface area contributed by atoms with Crippen LogP contribution in [0.25, 0.3) is 0 Å². The molecule has 0 radical (unpaired) electrons. The van der Waals surface area contributed by atoms with Gasteiger partial charge in [-0.25, -0.2) is 4.98 Å². The van der Waals surface area contributed by atoms with Gasteiger partial charge in [-0.15, -0.1) is 0 Å². The van der Waals surface area contributed by atoms with E-state index in [-0.39, 0.29) is 6.04 Å². The molecule has 0 amide bonds. The van der Waals surface area contributed by atoms with Crippen LogP contribution in [0.15, 0.2) is 12.4 Å². The summed E-state index contributed by atoms with van der Waals surface area (Å²) in [6.45, 7) is 8.56. The topological polar surface area (TPSA) is 43.8 Å². The zero-order valence-corrected chi connectivity index (χ0v) is 9.57. The quantitative estimate of drug-likeness (QED) is 0.801. The van der Waals surface area contributed by atoms with E-state index in [2.05, 4.69) is 30.3 Å². The van der Waals surface area contributed by atoms with E-state index < -0.39 is 0 Å². The second-order valence-electron chi connectivity index (χ2n) is 4.41. The number of hydrogen-bond donors (Lipinski definition) is 1. The standard InChI is InChI=1S/C11H21N3/c1-8(2)11-13-5-6-14(11)10(4)7-9(3)12/h5-6,8-10H,7,12H2,1-4H3. The van der Waals surface area contributed by atoms with Gasteiger partial charge in [0, 0.05) is 30.4 Å². The van der Waals surface area contributed by atoms with Gasteiger partial charge in [0.15, 0.2) is 0 Å². The van der Waals surface area contributed by atoms with Crippen molar-refractivity contribution < 1.29 is 0 Å². The fraction of sp³-hybridized carbons (Fsp3) is 0.727. The molecular formula is C11H21N3. The number of hydrogen-bond acceptors (Lipinski definition) is 2. The molecule has 0 aromatic carbocycles. The van der Waals surface area contributed by atoms with Gasteiger partial charge in [-0.2, -0.15) is 0 Å². The van der Waals surface area contributed by atoms with E-state index in [1.54, 1.807) is 0 Å². The molecule has 1 rings (SSSR count). The van der Waals surface area contributed by atoms with Crippen molar-refractivity contribution in [3.05, 3.63) is 18.2 Å². The first-order valence-corrected chi connectivity index (χ1v) is 5.30. The summed E-state index contributed by atoms with van der Waals surface area (Å²) >= 11 is 0. The van der Waals surface area contributed by atoms with Crippen molar-refractivity contribution in [3.8, 4) is 0 Å². The summed E-state index contributed by atoms with van der Waals surface area (Å²) in [5.74, 6) is 1.62. The van der Waals surface area contributed by atoms with E-state index in [1.807, 2.05) is 19.3 Å². The Labute approximate surface area is 86.3 Å². The lowest BCUT2D eigenvalue weighted by atomic mass is 10.1. The molecule has 1 aromatic heterocycles. The predicted molar refractivity (Wildman–Crippen MR) is 59.3 cm³/mol. The Kier molecular flexibility index (Phi) is 3.69. The zero-order chi connectivity index (χ0) is 10.7. The fourth-order valence-electron chi connectivity index (χ4n) is 1.80. The summed E-state index contributed by atoms with van der Waals surface area (Å²) in [6.07, 6.45) is 4.91. The summed E-state index contributed by atoms with van der Waals surface area (Å²) in [7, 11) is 0. The van der Waals surface area contributed by atoms with E-state index in [4.69, 9.17) is 5.73 Å². The van der Waals surface area contributed by atoms with Crippen LogP contribution in [0.5, 0.6) is 0 Å². The molecule has 0 aliphatic rings. The normalized spacial score (nSPS) is 15.9. The van der Waals surface area contributed by atoms with Gasteiger partial charge in [0.25, 0.3) is 0 Å². The summed E-state index contributed by atoms with van der Waals surface area (Å²) in [6, 6.07) is 0.683. The second kappa shape index (κ2) is 4.60. The third-order valence-corrected chi connectivity index (χ3v) is 2.40. The van der Waals surface area contributed by atoms with Gasteiger partial charge >= 0.3 is 0 Å². The maximum atomic E-state index is 5.79. The SMILES string of the molecule is CC(N)CC(C)n1ccnc1C(C)C. The van der Waals surface area contributed by atoms with E-state index in [0.717, 1.165) is 12.2 Å². The first-order valence-electron chi connectivity index (χ1n) is 5.30. The Hall–Kier alpha value is -0.830. The van der Waals surface area contributed by atoms with Crippen LogP contribution < -0.4 is 5.73 Å². The summed E-state index contributed by atoms with van der Waals surface area (Å²) < 4.78 is 2.23. The van der Waals surface area contributed by atoms with Crippen LogP contribution in [0.3, 0.4) is 0 Å². The molecule has 3 heteroatoms. The van der Waals surface area contributed by atoms with Gasteiger partial charge in [0.05, 0.1) is 0 Å². The van der Waals surface area contributed by atoms with E-state index in [1.165, 1.54) is 0 Å². The van der Waals surface area contributed by atoms with Gasteiger partial charge < -0.3 is 10.3 Å². The monoisotopic (exact) mass is 195 g/mol. The highest BCUT2D eigenvalue weighted by Crippen LogP contribution is 2.19. The van der Waals surface area contributed by atoms with Crippen LogP contribution >= 0.6 is 0 Å². The number of imidazole rings is 1. The molecule has 2 unspecified atom stereocenters. The Morgan fingerprint density at radius 1 is 1.36 bits per heavy atom. The molecular weight excluding hydrogens is 174 g/mol. The zero-order valence-electron chi connectivity index (χ0n) is 9.57. The average molecular weight is 195 g/mol.